The Morgan fingerprint density at radius 2 is 2.11 bits per heavy atom. The van der Waals surface area contributed by atoms with Crippen LogP contribution in [0.5, 0.6) is 0 Å². The standard InChI is InChI=1S/C14H20N2O2.ClH/c1-18-9-8-14(6-7-14)10-16-13(17)11-4-2-3-5-12(11)15;/h2-5H,6-10,15H2,1H3,(H,16,17);1H. The number of carbonyl (C=O) groups excluding carboxylic acids is 1. The first-order valence-corrected chi connectivity index (χ1v) is 6.28. The van der Waals surface area contributed by atoms with Gasteiger partial charge in [-0.15, -0.1) is 12.4 Å². The zero-order valence-electron chi connectivity index (χ0n) is 11.1. The molecule has 1 fully saturated rings. The summed E-state index contributed by atoms with van der Waals surface area (Å²) in [4.78, 5) is 12.0. The SMILES string of the molecule is COCCC1(CNC(=O)c2ccccc2N)CC1.Cl. The first-order chi connectivity index (χ1) is 8.67. The average Bonchev–Trinajstić information content (AvgIpc) is 3.15. The molecule has 0 aromatic heterocycles. The molecule has 5 heteroatoms. The van der Waals surface area contributed by atoms with E-state index in [9.17, 15) is 4.79 Å². The summed E-state index contributed by atoms with van der Waals surface area (Å²) in [6, 6.07) is 7.14. The summed E-state index contributed by atoms with van der Waals surface area (Å²) < 4.78 is 5.10. The Bertz CT molecular complexity index is 433. The van der Waals surface area contributed by atoms with Gasteiger partial charge in [0, 0.05) is 25.9 Å². The summed E-state index contributed by atoms with van der Waals surface area (Å²) in [6.07, 6.45) is 3.34. The molecular weight excluding hydrogens is 264 g/mol. The first kappa shape index (κ1) is 15.8. The number of nitrogens with one attached hydrogen (secondary N) is 1. The van der Waals surface area contributed by atoms with Crippen LogP contribution >= 0.6 is 12.4 Å². The Labute approximate surface area is 120 Å². The van der Waals surface area contributed by atoms with Crippen LogP contribution in [0.3, 0.4) is 0 Å². The van der Waals surface area contributed by atoms with Crippen LogP contribution in [0, 0.1) is 5.41 Å². The topological polar surface area (TPSA) is 64.3 Å². The number of hydrogen-bond donors (Lipinski definition) is 2. The van der Waals surface area contributed by atoms with Crippen molar-refractivity contribution in [2.45, 2.75) is 19.3 Å². The number of anilines is 1. The number of rotatable bonds is 6. The lowest BCUT2D eigenvalue weighted by molar-refractivity contribution is 0.0939. The Balaban J connectivity index is 0.00000180. The normalized spacial score (nSPS) is 15.4. The molecule has 0 atom stereocenters. The highest BCUT2D eigenvalue weighted by Crippen LogP contribution is 2.48. The van der Waals surface area contributed by atoms with E-state index < -0.39 is 0 Å². The van der Waals surface area contributed by atoms with E-state index in [0.717, 1.165) is 13.0 Å². The predicted octanol–water partition coefficient (Wildman–Crippen LogP) is 2.24. The van der Waals surface area contributed by atoms with Crippen LogP contribution in [0.4, 0.5) is 5.69 Å². The molecule has 0 saturated heterocycles. The maximum absolute atomic E-state index is 12.0. The van der Waals surface area contributed by atoms with Gasteiger partial charge in [0.1, 0.15) is 0 Å². The van der Waals surface area contributed by atoms with E-state index in [1.54, 1.807) is 19.2 Å². The molecule has 2 rings (SSSR count). The van der Waals surface area contributed by atoms with Crippen molar-refractivity contribution in [1.29, 1.82) is 0 Å². The molecule has 1 amide bonds. The third-order valence-corrected chi connectivity index (χ3v) is 3.62. The van der Waals surface area contributed by atoms with Crippen LogP contribution in [0.15, 0.2) is 24.3 Å². The molecule has 1 aromatic rings. The molecule has 1 aliphatic carbocycles. The maximum atomic E-state index is 12.0. The van der Waals surface area contributed by atoms with E-state index >= 15 is 0 Å². The van der Waals surface area contributed by atoms with Crippen LogP contribution in [0.1, 0.15) is 29.6 Å². The van der Waals surface area contributed by atoms with E-state index in [1.807, 2.05) is 12.1 Å². The zero-order chi connectivity index (χ0) is 13.0. The highest BCUT2D eigenvalue weighted by Gasteiger charge is 2.42. The van der Waals surface area contributed by atoms with E-state index in [0.29, 0.717) is 17.8 Å². The lowest BCUT2D eigenvalue weighted by atomic mass is 10.0. The van der Waals surface area contributed by atoms with Crippen molar-refractivity contribution >= 4 is 24.0 Å². The van der Waals surface area contributed by atoms with Crippen molar-refractivity contribution in [3.63, 3.8) is 0 Å². The zero-order valence-corrected chi connectivity index (χ0v) is 12.0. The van der Waals surface area contributed by atoms with E-state index in [4.69, 9.17) is 10.5 Å². The van der Waals surface area contributed by atoms with Gasteiger partial charge in [-0.1, -0.05) is 12.1 Å². The number of para-hydroxylation sites is 1. The fourth-order valence-electron chi connectivity index (χ4n) is 2.08. The number of ether oxygens (including phenoxy) is 1. The fourth-order valence-corrected chi connectivity index (χ4v) is 2.08. The van der Waals surface area contributed by atoms with Gasteiger partial charge in [0.05, 0.1) is 5.56 Å². The van der Waals surface area contributed by atoms with Gasteiger partial charge >= 0.3 is 0 Å². The number of nitrogen functional groups attached to an aromatic ring is 1. The molecular formula is C14H21ClN2O2. The summed E-state index contributed by atoms with van der Waals surface area (Å²) in [5, 5.41) is 2.98. The molecule has 19 heavy (non-hydrogen) atoms. The van der Waals surface area contributed by atoms with Crippen LogP contribution in [-0.4, -0.2) is 26.2 Å². The molecule has 0 aliphatic heterocycles. The lowest BCUT2D eigenvalue weighted by Crippen LogP contribution is -2.31. The number of halogens is 1. The molecule has 0 heterocycles. The van der Waals surface area contributed by atoms with Crippen LogP contribution < -0.4 is 11.1 Å². The summed E-state index contributed by atoms with van der Waals surface area (Å²) in [5.74, 6) is -0.0863. The summed E-state index contributed by atoms with van der Waals surface area (Å²) in [7, 11) is 1.71. The van der Waals surface area contributed by atoms with Crippen LogP contribution in [0.25, 0.3) is 0 Å². The molecule has 1 aromatic carbocycles. The number of nitrogens with two attached hydrogens (primary N) is 1. The predicted molar refractivity (Wildman–Crippen MR) is 78.6 cm³/mol. The minimum Gasteiger partial charge on any atom is -0.398 e. The minimum atomic E-state index is -0.0863. The van der Waals surface area contributed by atoms with Gasteiger partial charge < -0.3 is 15.8 Å². The van der Waals surface area contributed by atoms with Gasteiger partial charge in [-0.05, 0) is 36.8 Å². The molecule has 3 N–H and O–H groups in total. The molecule has 1 aliphatic rings. The van der Waals surface area contributed by atoms with Crippen molar-refractivity contribution in [1.82, 2.24) is 5.32 Å². The second-order valence-corrected chi connectivity index (χ2v) is 5.01. The van der Waals surface area contributed by atoms with Gasteiger partial charge in [0.2, 0.25) is 0 Å². The Morgan fingerprint density at radius 3 is 2.68 bits per heavy atom. The van der Waals surface area contributed by atoms with E-state index in [-0.39, 0.29) is 23.7 Å². The maximum Gasteiger partial charge on any atom is 0.253 e. The molecule has 0 bridgehead atoms. The van der Waals surface area contributed by atoms with E-state index in [2.05, 4.69) is 5.32 Å². The van der Waals surface area contributed by atoms with Gasteiger partial charge in [-0.2, -0.15) is 0 Å². The molecule has 106 valence electrons. The molecule has 4 nitrogen and oxygen atoms in total. The average molecular weight is 285 g/mol. The summed E-state index contributed by atoms with van der Waals surface area (Å²) in [6.45, 7) is 1.47. The lowest BCUT2D eigenvalue weighted by Gasteiger charge is -2.15. The van der Waals surface area contributed by atoms with Crippen molar-refractivity contribution in [2.24, 2.45) is 5.41 Å². The smallest absolute Gasteiger partial charge is 0.253 e. The van der Waals surface area contributed by atoms with Crippen molar-refractivity contribution in [3.05, 3.63) is 29.8 Å². The second-order valence-electron chi connectivity index (χ2n) is 5.01. The first-order valence-electron chi connectivity index (χ1n) is 6.28. The monoisotopic (exact) mass is 284 g/mol. The van der Waals surface area contributed by atoms with Crippen molar-refractivity contribution < 1.29 is 9.53 Å². The Hall–Kier alpha value is -1.26. The van der Waals surface area contributed by atoms with Gasteiger partial charge in [0.15, 0.2) is 0 Å². The largest absolute Gasteiger partial charge is 0.398 e. The number of hydrogen-bond acceptors (Lipinski definition) is 3. The van der Waals surface area contributed by atoms with Crippen molar-refractivity contribution in [2.75, 3.05) is 26.0 Å². The van der Waals surface area contributed by atoms with Gasteiger partial charge in [-0.3, -0.25) is 4.79 Å². The van der Waals surface area contributed by atoms with Gasteiger partial charge in [-0.25, -0.2) is 0 Å². The summed E-state index contributed by atoms with van der Waals surface area (Å²) in [5.41, 5.74) is 7.12. The quantitative estimate of drug-likeness (QED) is 0.788. The number of benzene rings is 1. The third kappa shape index (κ3) is 4.11. The molecule has 1 saturated carbocycles. The Kier molecular flexibility index (Phi) is 5.63. The number of methoxy groups -OCH3 is 1. The third-order valence-electron chi connectivity index (χ3n) is 3.62. The van der Waals surface area contributed by atoms with Crippen LogP contribution in [-0.2, 0) is 4.74 Å². The Morgan fingerprint density at radius 1 is 1.42 bits per heavy atom. The highest BCUT2D eigenvalue weighted by molar-refractivity contribution is 5.99. The summed E-state index contributed by atoms with van der Waals surface area (Å²) >= 11 is 0. The van der Waals surface area contributed by atoms with Gasteiger partial charge in [0.25, 0.3) is 5.91 Å². The highest BCUT2D eigenvalue weighted by atomic mass is 35.5. The van der Waals surface area contributed by atoms with Crippen LogP contribution in [0.2, 0.25) is 0 Å². The number of carbonyl (C=O) groups is 1. The molecule has 0 unspecified atom stereocenters. The molecule has 0 spiro atoms. The van der Waals surface area contributed by atoms with E-state index in [1.165, 1.54) is 12.8 Å². The minimum absolute atomic E-state index is 0. The number of amides is 1. The molecule has 0 radical (unpaired) electrons. The van der Waals surface area contributed by atoms with Crippen molar-refractivity contribution in [3.8, 4) is 0 Å². The fraction of sp³-hybridized carbons (Fsp3) is 0.500. The second kappa shape index (κ2) is 6.78.